The van der Waals surface area contributed by atoms with E-state index >= 15 is 0 Å². The highest BCUT2D eigenvalue weighted by Gasteiger charge is 2.25. The van der Waals surface area contributed by atoms with E-state index < -0.39 is 16.0 Å². The first kappa shape index (κ1) is 15.4. The van der Waals surface area contributed by atoms with Crippen LogP contribution in [0.5, 0.6) is 0 Å². The Morgan fingerprint density at radius 3 is 2.83 bits per heavy atom. The van der Waals surface area contributed by atoms with E-state index in [-0.39, 0.29) is 16.3 Å². The van der Waals surface area contributed by atoms with Crippen LogP contribution in [0.15, 0.2) is 58.5 Å². The lowest BCUT2D eigenvalue weighted by atomic mass is 10.2. The van der Waals surface area contributed by atoms with E-state index in [2.05, 4.69) is 10.3 Å². The molecule has 0 unspecified atom stereocenters. The first-order valence-corrected chi connectivity index (χ1v) is 8.24. The molecule has 0 fully saturated rings. The number of halogens is 1. The van der Waals surface area contributed by atoms with Crippen LogP contribution in [0.25, 0.3) is 11.3 Å². The van der Waals surface area contributed by atoms with Gasteiger partial charge in [0.15, 0.2) is 0 Å². The Labute approximate surface area is 132 Å². The van der Waals surface area contributed by atoms with Gasteiger partial charge in [-0.2, -0.15) is 12.8 Å². The Bertz CT molecular complexity index is 917. The molecule has 6 nitrogen and oxygen atoms in total. The molecule has 0 radical (unpaired) electrons. The Morgan fingerprint density at radius 1 is 1.35 bits per heavy atom. The van der Waals surface area contributed by atoms with Gasteiger partial charge < -0.3 is 9.73 Å². The molecule has 3 rings (SSSR count). The van der Waals surface area contributed by atoms with Crippen LogP contribution in [0.1, 0.15) is 5.56 Å². The van der Waals surface area contributed by atoms with Crippen molar-refractivity contribution >= 4 is 10.0 Å². The Balaban J connectivity index is 2.22. The summed E-state index contributed by atoms with van der Waals surface area (Å²) in [5.41, 5.74) is 0.989. The van der Waals surface area contributed by atoms with E-state index in [1.165, 1.54) is 36.9 Å². The van der Waals surface area contributed by atoms with Gasteiger partial charge >= 0.3 is 10.0 Å². The van der Waals surface area contributed by atoms with Gasteiger partial charge in [-0.15, -0.1) is 0 Å². The zero-order valence-electron chi connectivity index (χ0n) is 12.2. The molecule has 1 N–H and O–H groups in total. The molecule has 3 heterocycles. The van der Waals surface area contributed by atoms with E-state index in [9.17, 15) is 12.8 Å². The summed E-state index contributed by atoms with van der Waals surface area (Å²) in [5, 5.41) is 2.72. The summed E-state index contributed by atoms with van der Waals surface area (Å²) in [6.07, 6.45) is 4.02. The highest BCUT2D eigenvalue weighted by Crippen LogP contribution is 2.28. The summed E-state index contributed by atoms with van der Waals surface area (Å²) < 4.78 is 45.5. The van der Waals surface area contributed by atoms with Gasteiger partial charge in [-0.25, -0.2) is 8.96 Å². The van der Waals surface area contributed by atoms with Gasteiger partial charge in [0.2, 0.25) is 11.0 Å². The van der Waals surface area contributed by atoms with Crippen LogP contribution >= 0.6 is 0 Å². The highest BCUT2D eigenvalue weighted by atomic mass is 32.2. The molecule has 3 aromatic heterocycles. The number of furan rings is 1. The lowest BCUT2D eigenvalue weighted by molar-refractivity contribution is 0.447. The van der Waals surface area contributed by atoms with Gasteiger partial charge in [0.25, 0.3) is 0 Å². The fourth-order valence-corrected chi connectivity index (χ4v) is 3.58. The lowest BCUT2D eigenvalue weighted by Gasteiger charge is -2.08. The van der Waals surface area contributed by atoms with E-state index in [0.717, 1.165) is 3.97 Å². The molecule has 0 saturated carbocycles. The zero-order chi connectivity index (χ0) is 16.4. The van der Waals surface area contributed by atoms with Gasteiger partial charge in [0.1, 0.15) is 0 Å². The number of aromatic nitrogens is 2. The summed E-state index contributed by atoms with van der Waals surface area (Å²) >= 11 is 0. The van der Waals surface area contributed by atoms with Gasteiger partial charge in [0.05, 0.1) is 17.5 Å². The van der Waals surface area contributed by atoms with Crippen molar-refractivity contribution in [2.24, 2.45) is 0 Å². The van der Waals surface area contributed by atoms with Crippen molar-refractivity contribution in [2.75, 3.05) is 7.05 Å². The number of hydrogen-bond donors (Lipinski definition) is 1. The molecule has 3 aromatic rings. The van der Waals surface area contributed by atoms with E-state index in [1.807, 2.05) is 0 Å². The molecular weight excluding hydrogens is 321 g/mol. The van der Waals surface area contributed by atoms with Crippen molar-refractivity contribution in [1.82, 2.24) is 14.3 Å². The molecule has 0 aliphatic heterocycles. The number of rotatable bonds is 5. The summed E-state index contributed by atoms with van der Waals surface area (Å²) in [6, 6.07) is 7.46. The number of hydrogen-bond acceptors (Lipinski definition) is 5. The topological polar surface area (TPSA) is 77.1 Å². The number of pyridine rings is 1. The van der Waals surface area contributed by atoms with E-state index in [4.69, 9.17) is 4.42 Å². The number of nitrogens with one attached hydrogen (secondary N) is 1. The third-order valence-electron chi connectivity index (χ3n) is 3.27. The van der Waals surface area contributed by atoms with Crippen LogP contribution in [0.3, 0.4) is 0 Å². The first-order valence-electron chi connectivity index (χ1n) is 6.80. The molecule has 0 bridgehead atoms. The minimum atomic E-state index is -3.96. The van der Waals surface area contributed by atoms with Crippen LogP contribution < -0.4 is 5.32 Å². The number of nitrogens with zero attached hydrogens (tertiary/aromatic N) is 2. The van der Waals surface area contributed by atoms with Gasteiger partial charge in [0, 0.05) is 18.9 Å². The molecule has 0 saturated heterocycles. The first-order chi connectivity index (χ1) is 11.0. The van der Waals surface area contributed by atoms with Crippen LogP contribution in [0, 0.1) is 5.95 Å². The maximum Gasteiger partial charge on any atom is 0.301 e. The Morgan fingerprint density at radius 2 is 2.17 bits per heavy atom. The van der Waals surface area contributed by atoms with Crippen molar-refractivity contribution in [1.29, 1.82) is 0 Å². The predicted molar refractivity (Wildman–Crippen MR) is 81.7 cm³/mol. The normalized spacial score (nSPS) is 11.7. The van der Waals surface area contributed by atoms with Crippen LogP contribution in [-0.4, -0.2) is 24.4 Å². The summed E-state index contributed by atoms with van der Waals surface area (Å²) in [7, 11) is -2.22. The van der Waals surface area contributed by atoms with Crippen molar-refractivity contribution in [3.8, 4) is 11.3 Å². The Hall–Kier alpha value is -2.45. The fraction of sp³-hybridized carbons (Fsp3) is 0.133. The van der Waals surface area contributed by atoms with Crippen molar-refractivity contribution < 1.29 is 17.2 Å². The molecule has 0 aliphatic rings. The second-order valence-electron chi connectivity index (χ2n) is 4.84. The zero-order valence-corrected chi connectivity index (χ0v) is 13.0. The van der Waals surface area contributed by atoms with E-state index in [0.29, 0.717) is 12.1 Å². The monoisotopic (exact) mass is 335 g/mol. The average Bonchev–Trinajstić information content (AvgIpc) is 3.18. The largest absolute Gasteiger partial charge is 0.451 e. The van der Waals surface area contributed by atoms with Crippen LogP contribution in [0.4, 0.5) is 4.39 Å². The fourth-order valence-electron chi connectivity index (χ4n) is 2.28. The summed E-state index contributed by atoms with van der Waals surface area (Å²) in [5.74, 6) is -0.738. The molecule has 23 heavy (non-hydrogen) atoms. The standard InChI is InChI=1S/C15H14FN3O3S/c1-17-9-11-8-13(12-4-2-6-18-15(12)16)19(10-11)23(20,21)14-5-3-7-22-14/h2-8,10,17H,9H2,1H3. The maximum absolute atomic E-state index is 14.0. The molecule has 8 heteroatoms. The van der Waals surface area contributed by atoms with E-state index in [1.54, 1.807) is 19.2 Å². The Kier molecular flexibility index (Phi) is 4.01. The predicted octanol–water partition coefficient (Wildman–Crippen LogP) is 2.24. The minimum absolute atomic E-state index is 0.102. The van der Waals surface area contributed by atoms with Gasteiger partial charge in [-0.1, -0.05) is 0 Å². The van der Waals surface area contributed by atoms with Gasteiger partial charge in [-0.3, -0.25) is 0 Å². The second kappa shape index (κ2) is 5.98. The molecule has 0 amide bonds. The molecule has 120 valence electrons. The van der Waals surface area contributed by atoms with Crippen molar-refractivity contribution in [3.05, 3.63) is 60.5 Å². The smallest absolute Gasteiger partial charge is 0.301 e. The third kappa shape index (κ3) is 2.78. The molecule has 0 aliphatic carbocycles. The highest BCUT2D eigenvalue weighted by molar-refractivity contribution is 7.89. The van der Waals surface area contributed by atoms with Crippen LogP contribution in [-0.2, 0) is 16.6 Å². The van der Waals surface area contributed by atoms with Crippen molar-refractivity contribution in [3.63, 3.8) is 0 Å². The van der Waals surface area contributed by atoms with Crippen molar-refractivity contribution in [2.45, 2.75) is 11.6 Å². The van der Waals surface area contributed by atoms with Crippen LogP contribution in [0.2, 0.25) is 0 Å². The lowest BCUT2D eigenvalue weighted by Crippen LogP contribution is -2.13. The average molecular weight is 335 g/mol. The molecule has 0 atom stereocenters. The molecular formula is C15H14FN3O3S. The molecule has 0 spiro atoms. The second-order valence-corrected chi connectivity index (χ2v) is 6.58. The summed E-state index contributed by atoms with van der Waals surface area (Å²) in [6.45, 7) is 0.440. The molecule has 0 aromatic carbocycles. The SMILES string of the molecule is CNCc1cc(-c2cccnc2F)n(S(=O)(=O)c2ccco2)c1. The van der Waals surface area contributed by atoms with Gasteiger partial charge in [-0.05, 0) is 42.9 Å². The third-order valence-corrected chi connectivity index (χ3v) is 4.83. The maximum atomic E-state index is 14.0. The summed E-state index contributed by atoms with van der Waals surface area (Å²) in [4.78, 5) is 3.58. The quantitative estimate of drug-likeness (QED) is 0.724. The minimum Gasteiger partial charge on any atom is -0.451 e.